The van der Waals surface area contributed by atoms with Crippen molar-refractivity contribution in [1.82, 2.24) is 20.2 Å². The van der Waals surface area contributed by atoms with Crippen LogP contribution < -0.4 is 11.3 Å². The summed E-state index contributed by atoms with van der Waals surface area (Å²) in [5, 5.41) is 4.31. The molecule has 0 bridgehead atoms. The first kappa shape index (κ1) is 10.3. The van der Waals surface area contributed by atoms with Crippen LogP contribution in [0, 0.1) is 0 Å². The molecule has 2 aromatic rings. The van der Waals surface area contributed by atoms with Crippen LogP contribution in [0.25, 0.3) is 0 Å². The molecule has 1 unspecified atom stereocenters. The lowest BCUT2D eigenvalue weighted by Crippen LogP contribution is -2.29. The second-order valence-electron chi connectivity index (χ2n) is 3.31. The van der Waals surface area contributed by atoms with Gasteiger partial charge in [-0.25, -0.2) is 0 Å². The Balaban J connectivity index is 2.09. The van der Waals surface area contributed by atoms with Crippen molar-refractivity contribution in [3.8, 4) is 0 Å². The van der Waals surface area contributed by atoms with E-state index in [4.69, 9.17) is 5.84 Å². The van der Waals surface area contributed by atoms with Crippen LogP contribution in [0.15, 0.2) is 24.0 Å². The summed E-state index contributed by atoms with van der Waals surface area (Å²) in [4.78, 5) is 5.16. The van der Waals surface area contributed by atoms with Gasteiger partial charge in [-0.15, -0.1) is 11.3 Å². The van der Waals surface area contributed by atoms with E-state index in [0.29, 0.717) is 0 Å². The van der Waals surface area contributed by atoms with Gasteiger partial charge < -0.3 is 0 Å². The molecule has 6 heteroatoms. The second kappa shape index (κ2) is 4.52. The van der Waals surface area contributed by atoms with Gasteiger partial charge in [0.2, 0.25) is 0 Å². The summed E-state index contributed by atoms with van der Waals surface area (Å²) >= 11 is 1.59. The molecule has 0 fully saturated rings. The average Bonchev–Trinajstić information content (AvgIpc) is 2.85. The standard InChI is InChI=1S/C9H13N5S/c1-14-3-2-7(13-14)4-8(12-10)9-5-11-6-15-9/h2-3,5-6,8,12H,4,10H2,1H3. The molecule has 5 nitrogen and oxygen atoms in total. The Kier molecular flexibility index (Phi) is 3.10. The molecule has 2 heterocycles. The third-order valence-corrected chi connectivity index (χ3v) is 3.07. The molecule has 0 aliphatic carbocycles. The molecule has 0 saturated carbocycles. The van der Waals surface area contributed by atoms with Crippen molar-refractivity contribution in [3.05, 3.63) is 34.5 Å². The molecule has 0 aromatic carbocycles. The first-order valence-electron chi connectivity index (χ1n) is 4.62. The molecule has 0 amide bonds. The third-order valence-electron chi connectivity index (χ3n) is 2.18. The number of nitrogens with zero attached hydrogens (tertiary/aromatic N) is 3. The fraction of sp³-hybridized carbons (Fsp3) is 0.333. The van der Waals surface area contributed by atoms with E-state index in [1.165, 1.54) is 0 Å². The summed E-state index contributed by atoms with van der Waals surface area (Å²) < 4.78 is 1.79. The highest BCUT2D eigenvalue weighted by atomic mass is 32.1. The molecule has 0 saturated heterocycles. The fourth-order valence-electron chi connectivity index (χ4n) is 1.42. The summed E-state index contributed by atoms with van der Waals surface area (Å²) in [6.07, 6.45) is 4.53. The highest BCUT2D eigenvalue weighted by Gasteiger charge is 2.13. The van der Waals surface area contributed by atoms with E-state index in [2.05, 4.69) is 15.5 Å². The monoisotopic (exact) mass is 223 g/mol. The van der Waals surface area contributed by atoms with Crippen molar-refractivity contribution >= 4 is 11.3 Å². The van der Waals surface area contributed by atoms with Crippen LogP contribution in [0.4, 0.5) is 0 Å². The lowest BCUT2D eigenvalue weighted by molar-refractivity contribution is 0.548. The van der Waals surface area contributed by atoms with Crippen LogP contribution in [-0.4, -0.2) is 14.8 Å². The number of aryl methyl sites for hydroxylation is 1. The van der Waals surface area contributed by atoms with Crippen LogP contribution in [-0.2, 0) is 13.5 Å². The molecule has 0 spiro atoms. The lowest BCUT2D eigenvalue weighted by atomic mass is 10.1. The number of nitrogens with one attached hydrogen (secondary N) is 1. The van der Waals surface area contributed by atoms with E-state index >= 15 is 0 Å². The van der Waals surface area contributed by atoms with Gasteiger partial charge in [0.15, 0.2) is 0 Å². The van der Waals surface area contributed by atoms with Gasteiger partial charge in [-0.05, 0) is 6.07 Å². The zero-order valence-electron chi connectivity index (χ0n) is 8.42. The van der Waals surface area contributed by atoms with Crippen LogP contribution in [0.1, 0.15) is 16.6 Å². The molecule has 15 heavy (non-hydrogen) atoms. The number of thiazole rings is 1. The van der Waals surface area contributed by atoms with Crippen molar-refractivity contribution in [2.45, 2.75) is 12.5 Å². The minimum atomic E-state index is 0.0902. The fourth-order valence-corrected chi connectivity index (χ4v) is 2.10. The highest BCUT2D eigenvalue weighted by molar-refractivity contribution is 7.09. The summed E-state index contributed by atoms with van der Waals surface area (Å²) in [6, 6.07) is 2.08. The average molecular weight is 223 g/mol. The SMILES string of the molecule is Cn1ccc(CC(NN)c2cncs2)n1. The van der Waals surface area contributed by atoms with E-state index in [0.717, 1.165) is 17.0 Å². The Morgan fingerprint density at radius 2 is 2.53 bits per heavy atom. The first-order chi connectivity index (χ1) is 7.29. The number of hydrogen-bond acceptors (Lipinski definition) is 5. The number of nitrogens with two attached hydrogens (primary N) is 1. The van der Waals surface area contributed by atoms with Gasteiger partial charge in [-0.3, -0.25) is 20.9 Å². The number of aromatic nitrogens is 3. The van der Waals surface area contributed by atoms with Crippen molar-refractivity contribution in [1.29, 1.82) is 0 Å². The molecule has 0 radical (unpaired) electrons. The maximum atomic E-state index is 5.51. The smallest absolute Gasteiger partial charge is 0.0794 e. The van der Waals surface area contributed by atoms with Crippen molar-refractivity contribution in [3.63, 3.8) is 0 Å². The molecule has 1 atom stereocenters. The predicted octanol–water partition coefficient (Wildman–Crippen LogP) is 0.624. The van der Waals surface area contributed by atoms with Gasteiger partial charge in [-0.2, -0.15) is 5.10 Å². The molecule has 2 rings (SSSR count). The summed E-state index contributed by atoms with van der Waals surface area (Å²) in [7, 11) is 1.90. The molecule has 2 aromatic heterocycles. The van der Waals surface area contributed by atoms with Crippen LogP contribution >= 0.6 is 11.3 Å². The normalized spacial score (nSPS) is 12.9. The van der Waals surface area contributed by atoms with Gasteiger partial charge in [-0.1, -0.05) is 0 Å². The Hall–Kier alpha value is -1.24. The van der Waals surface area contributed by atoms with Gasteiger partial charge in [0.1, 0.15) is 0 Å². The molecule has 80 valence electrons. The third kappa shape index (κ3) is 2.41. The Morgan fingerprint density at radius 1 is 1.67 bits per heavy atom. The molecular weight excluding hydrogens is 210 g/mol. The number of hydrazine groups is 1. The van der Waals surface area contributed by atoms with Gasteiger partial charge in [0.25, 0.3) is 0 Å². The molecule has 3 N–H and O–H groups in total. The zero-order chi connectivity index (χ0) is 10.7. The molecule has 0 aliphatic heterocycles. The van der Waals surface area contributed by atoms with E-state index in [-0.39, 0.29) is 6.04 Å². The van der Waals surface area contributed by atoms with Crippen molar-refractivity contribution < 1.29 is 0 Å². The minimum Gasteiger partial charge on any atom is -0.276 e. The minimum absolute atomic E-state index is 0.0902. The Morgan fingerprint density at radius 3 is 3.07 bits per heavy atom. The first-order valence-corrected chi connectivity index (χ1v) is 5.50. The van der Waals surface area contributed by atoms with Crippen LogP contribution in [0.5, 0.6) is 0 Å². The predicted molar refractivity (Wildman–Crippen MR) is 59.1 cm³/mol. The van der Waals surface area contributed by atoms with E-state index < -0.39 is 0 Å². The maximum Gasteiger partial charge on any atom is 0.0794 e. The summed E-state index contributed by atoms with van der Waals surface area (Å²) in [5.41, 5.74) is 5.61. The maximum absolute atomic E-state index is 5.51. The van der Waals surface area contributed by atoms with E-state index in [1.54, 1.807) is 21.5 Å². The van der Waals surface area contributed by atoms with Gasteiger partial charge >= 0.3 is 0 Å². The van der Waals surface area contributed by atoms with Crippen LogP contribution in [0.2, 0.25) is 0 Å². The summed E-state index contributed by atoms with van der Waals surface area (Å²) in [6.45, 7) is 0. The number of rotatable bonds is 4. The summed E-state index contributed by atoms with van der Waals surface area (Å²) in [5.74, 6) is 5.51. The number of hydrogen-bond donors (Lipinski definition) is 2. The van der Waals surface area contributed by atoms with E-state index in [9.17, 15) is 0 Å². The zero-order valence-corrected chi connectivity index (χ0v) is 9.24. The van der Waals surface area contributed by atoms with Crippen molar-refractivity contribution in [2.24, 2.45) is 12.9 Å². The Bertz CT molecular complexity index is 408. The molecular formula is C9H13N5S. The van der Waals surface area contributed by atoms with Gasteiger partial charge in [0, 0.05) is 30.7 Å². The highest BCUT2D eigenvalue weighted by Crippen LogP contribution is 2.19. The largest absolute Gasteiger partial charge is 0.276 e. The van der Waals surface area contributed by atoms with E-state index in [1.807, 2.05) is 25.5 Å². The van der Waals surface area contributed by atoms with Crippen molar-refractivity contribution in [2.75, 3.05) is 0 Å². The Labute approximate surface area is 91.9 Å². The molecule has 0 aliphatic rings. The van der Waals surface area contributed by atoms with Gasteiger partial charge in [0.05, 0.1) is 17.2 Å². The lowest BCUT2D eigenvalue weighted by Gasteiger charge is -2.11. The van der Waals surface area contributed by atoms with Crippen LogP contribution in [0.3, 0.4) is 0 Å². The quantitative estimate of drug-likeness (QED) is 0.589. The topological polar surface area (TPSA) is 68.8 Å². The second-order valence-corrected chi connectivity index (χ2v) is 4.23.